The Hall–Kier alpha value is -2.05. The lowest BCUT2D eigenvalue weighted by Gasteiger charge is -1.99. The monoisotopic (exact) mass is 210 g/mol. The molecule has 2 aromatic rings. The number of nitrogens with zero attached hydrogens (tertiary/aromatic N) is 3. The highest BCUT2D eigenvalue weighted by Gasteiger charge is 2.13. The van der Waals surface area contributed by atoms with Crippen LogP contribution in [0.5, 0.6) is 6.01 Å². The molecule has 0 spiro atoms. The molecule has 7 nitrogen and oxygen atoms in total. The van der Waals surface area contributed by atoms with E-state index in [-0.39, 0.29) is 12.6 Å². The minimum atomic E-state index is -0.793. The third-order valence-corrected chi connectivity index (χ3v) is 1.73. The maximum absolute atomic E-state index is 11.0. The van der Waals surface area contributed by atoms with Gasteiger partial charge in [0, 0.05) is 11.8 Å². The van der Waals surface area contributed by atoms with Gasteiger partial charge in [0.1, 0.15) is 0 Å². The molecule has 0 amide bonds. The van der Waals surface area contributed by atoms with Crippen LogP contribution >= 0.6 is 0 Å². The van der Waals surface area contributed by atoms with Crippen LogP contribution in [-0.4, -0.2) is 32.6 Å². The number of fused-ring (bicyclic) bond motifs is 1. The van der Waals surface area contributed by atoms with Gasteiger partial charge in [-0.15, -0.1) is 5.10 Å². The lowest BCUT2D eigenvalue weighted by molar-refractivity contribution is 0.0998. The second-order valence-electron chi connectivity index (χ2n) is 2.90. The third-order valence-electron chi connectivity index (χ3n) is 1.73. The Bertz CT molecular complexity index is 487. The first-order valence-electron chi connectivity index (χ1n) is 4.46. The van der Waals surface area contributed by atoms with Crippen LogP contribution in [0.3, 0.4) is 0 Å². The van der Waals surface area contributed by atoms with Crippen LogP contribution in [0.1, 0.15) is 12.6 Å². The van der Waals surface area contributed by atoms with Gasteiger partial charge in [0.05, 0.1) is 6.61 Å². The Labute approximate surface area is 85.0 Å². The molecular formula is C8H10N4O3. The van der Waals surface area contributed by atoms with Crippen molar-refractivity contribution in [1.29, 1.82) is 0 Å². The second kappa shape index (κ2) is 3.60. The van der Waals surface area contributed by atoms with Gasteiger partial charge in [0.15, 0.2) is 5.65 Å². The van der Waals surface area contributed by atoms with Crippen molar-refractivity contribution >= 4 is 11.8 Å². The molecule has 2 rings (SSSR count). The van der Waals surface area contributed by atoms with Crippen molar-refractivity contribution < 1.29 is 14.3 Å². The van der Waals surface area contributed by atoms with Crippen molar-refractivity contribution in [2.45, 2.75) is 13.8 Å². The largest absolute Gasteiger partial charge is 0.516 e. The molecule has 0 unspecified atom stereocenters. The van der Waals surface area contributed by atoms with Crippen molar-refractivity contribution in [3.05, 3.63) is 11.8 Å². The molecule has 0 radical (unpaired) electrons. The van der Waals surface area contributed by atoms with E-state index in [0.717, 1.165) is 5.69 Å². The van der Waals surface area contributed by atoms with Crippen LogP contribution < -0.4 is 4.74 Å². The lowest BCUT2D eigenvalue weighted by Crippen LogP contribution is -2.12. The molecule has 2 heterocycles. The normalized spacial score (nSPS) is 10.5. The molecule has 0 atom stereocenters. The smallest absolute Gasteiger partial charge is 0.434 e. The number of aromatic amines is 1. The number of nitrogens with one attached hydrogen (secondary N) is 1. The summed E-state index contributed by atoms with van der Waals surface area (Å²) < 4.78 is 10.9. The van der Waals surface area contributed by atoms with Gasteiger partial charge in [0.25, 0.3) is 0 Å². The zero-order valence-corrected chi connectivity index (χ0v) is 8.35. The molecule has 80 valence electrons. The predicted molar refractivity (Wildman–Crippen MR) is 49.7 cm³/mol. The summed E-state index contributed by atoms with van der Waals surface area (Å²) in [6.45, 7) is 3.81. The Morgan fingerprint density at radius 1 is 1.60 bits per heavy atom. The molecule has 0 aromatic carbocycles. The quantitative estimate of drug-likeness (QED) is 0.745. The third kappa shape index (κ3) is 1.76. The minimum Gasteiger partial charge on any atom is -0.434 e. The summed E-state index contributed by atoms with van der Waals surface area (Å²) in [5.74, 6) is 0. The number of carbonyl (C=O) groups is 1. The summed E-state index contributed by atoms with van der Waals surface area (Å²) in [6.07, 6.45) is -0.793. The number of rotatable bonds is 2. The fourth-order valence-corrected chi connectivity index (χ4v) is 1.17. The molecule has 1 N–H and O–H groups in total. The van der Waals surface area contributed by atoms with Gasteiger partial charge in [0.2, 0.25) is 0 Å². The van der Waals surface area contributed by atoms with Crippen molar-refractivity contribution in [3.63, 3.8) is 0 Å². The van der Waals surface area contributed by atoms with E-state index in [1.807, 2.05) is 6.92 Å². The van der Waals surface area contributed by atoms with Gasteiger partial charge in [-0.05, 0) is 13.8 Å². The van der Waals surface area contributed by atoms with Gasteiger partial charge >= 0.3 is 12.2 Å². The number of hydrogen-bond donors (Lipinski definition) is 1. The van der Waals surface area contributed by atoms with E-state index >= 15 is 0 Å². The van der Waals surface area contributed by atoms with E-state index in [1.54, 1.807) is 13.0 Å². The van der Waals surface area contributed by atoms with Gasteiger partial charge < -0.3 is 9.47 Å². The summed E-state index contributed by atoms with van der Waals surface area (Å²) in [7, 11) is 0. The highest BCUT2D eigenvalue weighted by atomic mass is 16.7. The first-order chi connectivity index (χ1) is 7.20. The maximum Gasteiger partial charge on any atom is 0.516 e. The fraction of sp³-hybridized carbons (Fsp3) is 0.375. The summed E-state index contributed by atoms with van der Waals surface area (Å²) in [5.41, 5.74) is 1.49. The van der Waals surface area contributed by atoms with Crippen LogP contribution in [-0.2, 0) is 4.74 Å². The lowest BCUT2D eigenvalue weighted by atomic mass is 10.5. The number of aromatic nitrogens is 4. The number of ether oxygens (including phenoxy) is 2. The summed E-state index contributed by atoms with van der Waals surface area (Å²) in [5, 5.41) is 10.4. The topological polar surface area (TPSA) is 81.5 Å². The average molecular weight is 210 g/mol. The molecule has 2 aromatic heterocycles. The standard InChI is InChI=1S/C8H10N4O3/c1-3-14-8(13)15-7-10-9-6-4-5(2)11-12(6)7/h4,11H,3H2,1-2H3. The first kappa shape index (κ1) is 9.50. The summed E-state index contributed by atoms with van der Waals surface area (Å²) in [6, 6.07) is 1.85. The molecule has 15 heavy (non-hydrogen) atoms. The van der Waals surface area contributed by atoms with Crippen LogP contribution in [0.25, 0.3) is 5.65 Å². The number of hydrogen-bond acceptors (Lipinski definition) is 5. The van der Waals surface area contributed by atoms with Crippen molar-refractivity contribution in [2.24, 2.45) is 0 Å². The highest BCUT2D eigenvalue weighted by Crippen LogP contribution is 2.11. The van der Waals surface area contributed by atoms with Crippen LogP contribution in [0.2, 0.25) is 0 Å². The van der Waals surface area contributed by atoms with Gasteiger partial charge in [-0.1, -0.05) is 5.10 Å². The molecule has 0 fully saturated rings. The Morgan fingerprint density at radius 2 is 2.40 bits per heavy atom. The second-order valence-corrected chi connectivity index (χ2v) is 2.90. The number of H-pyrrole nitrogens is 1. The SMILES string of the molecule is CCOC(=O)Oc1nnc2cc(C)[nH]n12. The summed E-state index contributed by atoms with van der Waals surface area (Å²) in [4.78, 5) is 11.0. The van der Waals surface area contributed by atoms with Gasteiger partial charge in [-0.3, -0.25) is 5.10 Å². The fourth-order valence-electron chi connectivity index (χ4n) is 1.17. The minimum absolute atomic E-state index is 0.0663. The molecule has 0 bridgehead atoms. The average Bonchev–Trinajstić information content (AvgIpc) is 2.67. The Kier molecular flexibility index (Phi) is 2.28. The van der Waals surface area contributed by atoms with Crippen LogP contribution in [0.15, 0.2) is 6.07 Å². The van der Waals surface area contributed by atoms with Crippen LogP contribution in [0.4, 0.5) is 4.79 Å². The van der Waals surface area contributed by atoms with Crippen molar-refractivity contribution in [1.82, 2.24) is 19.8 Å². The van der Waals surface area contributed by atoms with E-state index in [9.17, 15) is 4.79 Å². The van der Waals surface area contributed by atoms with E-state index in [0.29, 0.717) is 5.65 Å². The molecule has 0 saturated heterocycles. The highest BCUT2D eigenvalue weighted by molar-refractivity contribution is 5.62. The molecule has 0 aliphatic rings. The van der Waals surface area contributed by atoms with E-state index in [2.05, 4.69) is 20.0 Å². The van der Waals surface area contributed by atoms with Crippen LogP contribution in [0, 0.1) is 6.92 Å². The van der Waals surface area contributed by atoms with E-state index in [1.165, 1.54) is 4.52 Å². The number of carbonyl (C=O) groups excluding carboxylic acids is 1. The van der Waals surface area contributed by atoms with Crippen molar-refractivity contribution in [3.8, 4) is 6.01 Å². The molecular weight excluding hydrogens is 200 g/mol. The zero-order valence-electron chi connectivity index (χ0n) is 8.35. The Morgan fingerprint density at radius 3 is 3.13 bits per heavy atom. The molecule has 0 aliphatic heterocycles. The predicted octanol–water partition coefficient (Wildman–Crippen LogP) is 0.901. The molecule has 0 aliphatic carbocycles. The van der Waals surface area contributed by atoms with E-state index < -0.39 is 6.16 Å². The van der Waals surface area contributed by atoms with Gasteiger partial charge in [-0.2, -0.15) is 4.52 Å². The summed E-state index contributed by atoms with van der Waals surface area (Å²) >= 11 is 0. The number of aryl methyl sites for hydroxylation is 1. The zero-order chi connectivity index (χ0) is 10.8. The first-order valence-corrected chi connectivity index (χ1v) is 4.46. The molecule has 7 heteroatoms. The molecule has 0 saturated carbocycles. The van der Waals surface area contributed by atoms with Crippen molar-refractivity contribution in [2.75, 3.05) is 6.61 Å². The Balaban J connectivity index is 2.24. The van der Waals surface area contributed by atoms with Gasteiger partial charge in [-0.25, -0.2) is 4.79 Å². The maximum atomic E-state index is 11.0. The van der Waals surface area contributed by atoms with E-state index in [4.69, 9.17) is 4.74 Å².